The molecule has 1 fully saturated rings. The van der Waals surface area contributed by atoms with Crippen molar-refractivity contribution in [3.8, 4) is 0 Å². The first-order valence-electron chi connectivity index (χ1n) is 3.63. The molecule has 0 bridgehead atoms. The topological polar surface area (TPSA) is 12.4 Å². The van der Waals surface area contributed by atoms with E-state index < -0.39 is 8.24 Å². The molecule has 0 aromatic rings. The molecule has 0 aromatic carbocycles. The Labute approximate surface area is 58.3 Å². The van der Waals surface area contributed by atoms with Crippen LogP contribution in [0.2, 0.25) is 19.6 Å². The van der Waals surface area contributed by atoms with E-state index in [0.717, 1.165) is 5.92 Å². The van der Waals surface area contributed by atoms with Gasteiger partial charge in [-0.15, -0.1) is 0 Å². The Balaban J connectivity index is 2.29. The predicted molar refractivity (Wildman–Crippen MR) is 44.6 cm³/mol. The summed E-state index contributed by atoms with van der Waals surface area (Å²) in [4.78, 5) is 0. The second-order valence-electron chi connectivity index (χ2n) is 3.79. The van der Waals surface area contributed by atoms with E-state index in [1.807, 2.05) is 0 Å². The minimum atomic E-state index is -1.11. The molecule has 1 aliphatic carbocycles. The first-order valence-corrected chi connectivity index (χ1v) is 7.08. The van der Waals surface area contributed by atoms with Gasteiger partial charge in [-0.2, -0.15) is 0 Å². The summed E-state index contributed by atoms with van der Waals surface area (Å²) in [7, 11) is -1.11. The Morgan fingerprint density at radius 3 is 2.22 bits per heavy atom. The lowest BCUT2D eigenvalue weighted by atomic mass is 10.5. The molecule has 0 amide bonds. The highest BCUT2D eigenvalue weighted by molar-refractivity contribution is 6.75. The highest BCUT2D eigenvalue weighted by atomic mass is 28.3. The molecule has 0 radical (unpaired) electrons. The van der Waals surface area contributed by atoms with Gasteiger partial charge in [0.25, 0.3) is 0 Å². The number of hydrogen-bond acceptors (Lipinski definition) is 1. The van der Waals surface area contributed by atoms with Gasteiger partial charge in [-0.25, -0.2) is 0 Å². The molecule has 9 heavy (non-hydrogen) atoms. The summed E-state index contributed by atoms with van der Waals surface area (Å²) in [6.07, 6.45) is 4.94. The van der Waals surface area contributed by atoms with Crippen molar-refractivity contribution < 1.29 is 0 Å². The van der Waals surface area contributed by atoms with E-state index in [1.165, 1.54) is 12.8 Å². The number of nitrogens with zero attached hydrogens (tertiary/aromatic N) is 1. The Bertz CT molecular complexity index is 119. The van der Waals surface area contributed by atoms with E-state index >= 15 is 0 Å². The molecule has 1 aliphatic rings. The van der Waals surface area contributed by atoms with Crippen LogP contribution in [-0.2, 0) is 0 Å². The molecule has 1 saturated carbocycles. The van der Waals surface area contributed by atoms with E-state index in [2.05, 4.69) is 30.5 Å². The molecular formula is C7H15NSi. The summed E-state index contributed by atoms with van der Waals surface area (Å²) in [5.74, 6) is 0.858. The molecule has 52 valence electrons. The molecular weight excluding hydrogens is 126 g/mol. The fraction of sp³-hybridized carbons (Fsp3) is 0.857. The zero-order chi connectivity index (χ0) is 6.91. The van der Waals surface area contributed by atoms with Gasteiger partial charge in [-0.3, -0.25) is 0 Å². The van der Waals surface area contributed by atoms with Gasteiger partial charge in [0.15, 0.2) is 8.24 Å². The quantitative estimate of drug-likeness (QED) is 0.413. The van der Waals surface area contributed by atoms with Crippen LogP contribution in [0, 0.1) is 5.92 Å². The maximum Gasteiger partial charge on any atom is 0.171 e. The number of rotatable bonds is 2. The summed E-state index contributed by atoms with van der Waals surface area (Å²) >= 11 is 0. The van der Waals surface area contributed by atoms with Crippen molar-refractivity contribution in [2.45, 2.75) is 32.5 Å². The molecule has 0 N–H and O–H groups in total. The van der Waals surface area contributed by atoms with E-state index in [0.29, 0.717) is 0 Å². The van der Waals surface area contributed by atoms with Crippen LogP contribution in [-0.4, -0.2) is 14.5 Å². The Morgan fingerprint density at radius 2 is 1.89 bits per heavy atom. The Hall–Kier alpha value is -0.113. The monoisotopic (exact) mass is 141 g/mol. The van der Waals surface area contributed by atoms with Crippen molar-refractivity contribution >= 4 is 14.5 Å². The Kier molecular flexibility index (Phi) is 1.75. The van der Waals surface area contributed by atoms with Crippen LogP contribution in [0.25, 0.3) is 0 Å². The van der Waals surface area contributed by atoms with Gasteiger partial charge in [-0.1, -0.05) is 0 Å². The van der Waals surface area contributed by atoms with Crippen molar-refractivity contribution in [1.29, 1.82) is 0 Å². The van der Waals surface area contributed by atoms with E-state index in [4.69, 9.17) is 0 Å². The van der Waals surface area contributed by atoms with Crippen LogP contribution in [0.3, 0.4) is 0 Å². The van der Waals surface area contributed by atoms with Crippen LogP contribution >= 0.6 is 0 Å². The highest BCUT2D eigenvalue weighted by Gasteiger charge is 2.19. The summed E-state index contributed by atoms with van der Waals surface area (Å²) in [5.41, 5.74) is 0. The maximum atomic E-state index is 4.53. The van der Waals surface area contributed by atoms with Crippen LogP contribution in [0.4, 0.5) is 0 Å². The molecule has 0 heterocycles. The molecule has 0 spiro atoms. The summed E-state index contributed by atoms with van der Waals surface area (Å²) in [6.45, 7) is 6.81. The lowest BCUT2D eigenvalue weighted by Crippen LogP contribution is -2.16. The zero-order valence-electron chi connectivity index (χ0n) is 6.52. The SMILES string of the molecule is C[Si](C)(C)/N=C/C1CC1. The van der Waals surface area contributed by atoms with E-state index in [9.17, 15) is 0 Å². The number of hydrogen-bond donors (Lipinski definition) is 0. The van der Waals surface area contributed by atoms with E-state index in [-0.39, 0.29) is 0 Å². The van der Waals surface area contributed by atoms with Crippen LogP contribution < -0.4 is 0 Å². The summed E-state index contributed by atoms with van der Waals surface area (Å²) in [5, 5.41) is 0. The van der Waals surface area contributed by atoms with Crippen LogP contribution in [0.5, 0.6) is 0 Å². The molecule has 1 nitrogen and oxygen atoms in total. The van der Waals surface area contributed by atoms with Gasteiger partial charge in [-0.05, 0) is 44.6 Å². The van der Waals surface area contributed by atoms with Gasteiger partial charge in [0.05, 0.1) is 0 Å². The first kappa shape index (κ1) is 7.00. The molecule has 0 atom stereocenters. The van der Waals surface area contributed by atoms with Gasteiger partial charge in [0.2, 0.25) is 0 Å². The molecule has 0 unspecified atom stereocenters. The smallest absolute Gasteiger partial charge is 0.171 e. The van der Waals surface area contributed by atoms with Crippen molar-refractivity contribution in [3.63, 3.8) is 0 Å². The van der Waals surface area contributed by atoms with Crippen molar-refractivity contribution in [1.82, 2.24) is 0 Å². The largest absolute Gasteiger partial charge is 0.333 e. The third kappa shape index (κ3) is 3.46. The predicted octanol–water partition coefficient (Wildman–Crippen LogP) is 2.30. The fourth-order valence-electron chi connectivity index (χ4n) is 0.574. The van der Waals surface area contributed by atoms with Crippen molar-refractivity contribution in [2.24, 2.45) is 10.6 Å². The average Bonchev–Trinajstić information content (AvgIpc) is 2.38. The Morgan fingerprint density at radius 1 is 1.33 bits per heavy atom. The second-order valence-corrected chi connectivity index (χ2v) is 8.39. The lowest BCUT2D eigenvalue weighted by Gasteiger charge is -2.06. The van der Waals surface area contributed by atoms with Gasteiger partial charge < -0.3 is 4.66 Å². The maximum absolute atomic E-state index is 4.53. The van der Waals surface area contributed by atoms with Crippen molar-refractivity contribution in [3.05, 3.63) is 0 Å². The standard InChI is InChI=1S/C7H15NSi/c1-9(2,3)8-6-7-4-5-7/h6-7H,4-5H2,1-3H3/b8-6+. The van der Waals surface area contributed by atoms with Crippen LogP contribution in [0.15, 0.2) is 4.66 Å². The zero-order valence-corrected chi connectivity index (χ0v) is 7.52. The summed E-state index contributed by atoms with van der Waals surface area (Å²) in [6, 6.07) is 0. The van der Waals surface area contributed by atoms with E-state index in [1.54, 1.807) is 0 Å². The minimum absolute atomic E-state index is 0.858. The molecule has 1 rings (SSSR count). The third-order valence-corrected chi connectivity index (χ3v) is 2.22. The third-order valence-electron chi connectivity index (χ3n) is 1.29. The normalized spacial score (nSPS) is 21.2. The van der Waals surface area contributed by atoms with Gasteiger partial charge in [0, 0.05) is 0 Å². The van der Waals surface area contributed by atoms with Gasteiger partial charge in [0.1, 0.15) is 0 Å². The average molecular weight is 141 g/mol. The molecule has 2 heteroatoms. The first-order chi connectivity index (χ1) is 4.08. The minimum Gasteiger partial charge on any atom is -0.333 e. The molecule has 0 aliphatic heterocycles. The second kappa shape index (κ2) is 2.25. The van der Waals surface area contributed by atoms with Crippen LogP contribution in [0.1, 0.15) is 12.8 Å². The molecule has 0 aromatic heterocycles. The highest BCUT2D eigenvalue weighted by Crippen LogP contribution is 2.26. The molecule has 0 saturated heterocycles. The fourth-order valence-corrected chi connectivity index (χ4v) is 1.23. The van der Waals surface area contributed by atoms with Gasteiger partial charge >= 0.3 is 0 Å². The lowest BCUT2D eigenvalue weighted by molar-refractivity contribution is 1.23. The summed E-state index contributed by atoms with van der Waals surface area (Å²) < 4.78 is 4.53. The van der Waals surface area contributed by atoms with Crippen molar-refractivity contribution in [2.75, 3.05) is 0 Å².